The Morgan fingerprint density at radius 3 is 1.50 bits per heavy atom. The lowest BCUT2D eigenvalue weighted by molar-refractivity contribution is 0.301. The minimum Gasteiger partial charge on any atom is -0.0776 e. The van der Waals surface area contributed by atoms with Gasteiger partial charge in [-0.05, 0) is 18.3 Å². The van der Waals surface area contributed by atoms with Gasteiger partial charge in [0.2, 0.25) is 0 Å². The zero-order chi connectivity index (χ0) is 5.98. The Morgan fingerprint density at radius 2 is 1.30 bits per heavy atom. The maximum absolute atomic E-state index is 2.37. The first-order valence-electron chi connectivity index (χ1n) is 3.79. The van der Waals surface area contributed by atoms with Crippen molar-refractivity contribution in [2.45, 2.75) is 54.4 Å². The van der Waals surface area contributed by atoms with E-state index in [0.29, 0.717) is 0 Å². The van der Waals surface area contributed by atoms with Crippen molar-refractivity contribution in [1.29, 1.82) is 0 Å². The average Bonchev–Trinajstić information content (AvgIpc) is 1.64. The van der Waals surface area contributed by atoms with Crippen molar-refractivity contribution >= 4 is 0 Å². The molecule has 0 N–H and O–H groups in total. The zero-order valence-electron chi connectivity index (χ0n) is 5.98. The van der Waals surface area contributed by atoms with Crippen LogP contribution in [0.5, 0.6) is 0 Å². The fraction of sp³-hybridized carbons (Fsp3) is 1.00. The van der Waals surface area contributed by atoms with Crippen molar-refractivity contribution < 1.29 is 0 Å². The Balaban J connectivity index is 0. The van der Waals surface area contributed by atoms with Crippen molar-refractivity contribution in [2.75, 3.05) is 0 Å². The summed E-state index contributed by atoms with van der Waals surface area (Å²) in [6, 6.07) is 0. The topological polar surface area (TPSA) is 0 Å². The van der Waals surface area contributed by atoms with Crippen LogP contribution in [0.2, 0.25) is 0 Å². The minimum absolute atomic E-state index is 0. The second kappa shape index (κ2) is 5.76. The van der Waals surface area contributed by atoms with E-state index >= 15 is 0 Å². The molecule has 0 aliphatic heterocycles. The van der Waals surface area contributed by atoms with E-state index in [1.165, 1.54) is 25.7 Å². The first-order valence-corrected chi connectivity index (χ1v) is 3.79. The molecule has 2 unspecified atom stereocenters. The zero-order valence-corrected chi connectivity index (χ0v) is 5.98. The standard InChI is InChI=1S/C8H16.2CH4/c1-7-4-3-5-8(2)6-7;;/h7-8H,3-6H2,1-2H3;2*1H4. The molecule has 0 heterocycles. The largest absolute Gasteiger partial charge is 0.0776 e. The summed E-state index contributed by atoms with van der Waals surface area (Å²) in [4.78, 5) is 0. The van der Waals surface area contributed by atoms with Gasteiger partial charge < -0.3 is 0 Å². The van der Waals surface area contributed by atoms with E-state index in [0.717, 1.165) is 11.8 Å². The predicted molar refractivity (Wildman–Crippen MR) is 50.3 cm³/mol. The first-order chi connectivity index (χ1) is 3.79. The normalized spacial score (nSPS) is 31.8. The van der Waals surface area contributed by atoms with Gasteiger partial charge in [0.05, 0.1) is 0 Å². The Kier molecular flexibility index (Phi) is 7.29. The molecule has 1 aliphatic rings. The number of hydrogen-bond acceptors (Lipinski definition) is 0. The van der Waals surface area contributed by atoms with E-state index in [4.69, 9.17) is 0 Å². The summed E-state index contributed by atoms with van der Waals surface area (Å²) in [7, 11) is 0. The highest BCUT2D eigenvalue weighted by molar-refractivity contribution is 4.66. The van der Waals surface area contributed by atoms with Crippen LogP contribution in [0.3, 0.4) is 0 Å². The molecule has 0 nitrogen and oxygen atoms in total. The summed E-state index contributed by atoms with van der Waals surface area (Å²) < 4.78 is 0. The number of hydrogen-bond donors (Lipinski definition) is 0. The Hall–Kier alpha value is 0. The van der Waals surface area contributed by atoms with Crippen LogP contribution in [0.4, 0.5) is 0 Å². The fourth-order valence-corrected chi connectivity index (χ4v) is 1.74. The quantitative estimate of drug-likeness (QED) is 0.480. The molecule has 0 aromatic heterocycles. The minimum atomic E-state index is 0. The molecule has 64 valence electrons. The van der Waals surface area contributed by atoms with Crippen LogP contribution in [0.1, 0.15) is 54.4 Å². The van der Waals surface area contributed by atoms with Gasteiger partial charge in [-0.15, -0.1) is 0 Å². The SMILES string of the molecule is C.C.CC1CCCC(C)C1. The summed E-state index contributed by atoms with van der Waals surface area (Å²) in [5, 5.41) is 0. The lowest BCUT2D eigenvalue weighted by atomic mass is 9.84. The Bertz CT molecular complexity index is 58.4. The summed E-state index contributed by atoms with van der Waals surface area (Å²) >= 11 is 0. The van der Waals surface area contributed by atoms with Crippen molar-refractivity contribution in [3.8, 4) is 0 Å². The van der Waals surface area contributed by atoms with Gasteiger partial charge in [-0.2, -0.15) is 0 Å². The van der Waals surface area contributed by atoms with Crippen LogP contribution in [0.15, 0.2) is 0 Å². The molecule has 1 fully saturated rings. The Labute approximate surface area is 67.0 Å². The van der Waals surface area contributed by atoms with Gasteiger partial charge in [0.15, 0.2) is 0 Å². The fourth-order valence-electron chi connectivity index (χ4n) is 1.74. The van der Waals surface area contributed by atoms with Gasteiger partial charge in [-0.3, -0.25) is 0 Å². The molecule has 1 rings (SSSR count). The third-order valence-corrected chi connectivity index (χ3v) is 2.20. The van der Waals surface area contributed by atoms with Gasteiger partial charge in [0, 0.05) is 0 Å². The molecule has 0 bridgehead atoms. The van der Waals surface area contributed by atoms with Crippen molar-refractivity contribution in [3.05, 3.63) is 0 Å². The van der Waals surface area contributed by atoms with Crippen LogP contribution < -0.4 is 0 Å². The van der Waals surface area contributed by atoms with Crippen LogP contribution in [-0.4, -0.2) is 0 Å². The number of rotatable bonds is 0. The average molecular weight is 144 g/mol. The van der Waals surface area contributed by atoms with Crippen molar-refractivity contribution in [2.24, 2.45) is 11.8 Å². The molecule has 1 saturated carbocycles. The first kappa shape index (κ1) is 12.7. The molecule has 0 radical (unpaired) electrons. The van der Waals surface area contributed by atoms with E-state index in [1.807, 2.05) is 0 Å². The summed E-state index contributed by atoms with van der Waals surface area (Å²) in [6.45, 7) is 4.74. The van der Waals surface area contributed by atoms with E-state index < -0.39 is 0 Å². The summed E-state index contributed by atoms with van der Waals surface area (Å²) in [5.41, 5.74) is 0. The Morgan fingerprint density at radius 1 is 0.900 bits per heavy atom. The third-order valence-electron chi connectivity index (χ3n) is 2.20. The molecule has 2 atom stereocenters. The van der Waals surface area contributed by atoms with Gasteiger partial charge in [-0.25, -0.2) is 0 Å². The smallest absolute Gasteiger partial charge is 0.0440 e. The lowest BCUT2D eigenvalue weighted by Crippen LogP contribution is -2.09. The predicted octanol–water partition coefficient (Wildman–Crippen LogP) is 4.10. The summed E-state index contributed by atoms with van der Waals surface area (Å²) in [5.74, 6) is 2.03. The summed E-state index contributed by atoms with van der Waals surface area (Å²) in [6.07, 6.45) is 5.90. The van der Waals surface area contributed by atoms with E-state index in [-0.39, 0.29) is 14.9 Å². The van der Waals surface area contributed by atoms with Gasteiger partial charge in [-0.1, -0.05) is 48.0 Å². The monoisotopic (exact) mass is 144 g/mol. The highest BCUT2D eigenvalue weighted by Gasteiger charge is 2.13. The molecule has 0 saturated heterocycles. The van der Waals surface area contributed by atoms with Gasteiger partial charge in [0.1, 0.15) is 0 Å². The molecule has 10 heavy (non-hydrogen) atoms. The molecular formula is C10H24. The third kappa shape index (κ3) is 3.92. The highest BCUT2D eigenvalue weighted by atomic mass is 14.2. The van der Waals surface area contributed by atoms with Crippen molar-refractivity contribution in [1.82, 2.24) is 0 Å². The molecule has 0 heteroatoms. The van der Waals surface area contributed by atoms with Gasteiger partial charge >= 0.3 is 0 Å². The second-order valence-electron chi connectivity index (χ2n) is 3.38. The molecular weight excluding hydrogens is 120 g/mol. The van der Waals surface area contributed by atoms with Crippen molar-refractivity contribution in [3.63, 3.8) is 0 Å². The molecule has 0 spiro atoms. The van der Waals surface area contributed by atoms with Crippen LogP contribution >= 0.6 is 0 Å². The maximum atomic E-state index is 2.37. The second-order valence-corrected chi connectivity index (χ2v) is 3.38. The van der Waals surface area contributed by atoms with Gasteiger partial charge in [0.25, 0.3) is 0 Å². The molecule has 1 aliphatic carbocycles. The maximum Gasteiger partial charge on any atom is -0.0440 e. The van der Waals surface area contributed by atoms with E-state index in [2.05, 4.69) is 13.8 Å². The molecule has 0 aromatic carbocycles. The molecule has 0 amide bonds. The van der Waals surface area contributed by atoms with E-state index in [9.17, 15) is 0 Å². The van der Waals surface area contributed by atoms with Crippen LogP contribution in [0.25, 0.3) is 0 Å². The van der Waals surface area contributed by atoms with E-state index in [1.54, 1.807) is 0 Å². The lowest BCUT2D eigenvalue weighted by Gasteiger charge is -2.22. The van der Waals surface area contributed by atoms with Crippen LogP contribution in [-0.2, 0) is 0 Å². The molecule has 0 aromatic rings. The van der Waals surface area contributed by atoms with Crippen LogP contribution in [0, 0.1) is 11.8 Å². The highest BCUT2D eigenvalue weighted by Crippen LogP contribution is 2.27.